The summed E-state index contributed by atoms with van der Waals surface area (Å²) in [5.74, 6) is 2.31. The molecule has 1 aromatic carbocycles. The second kappa shape index (κ2) is 6.22. The van der Waals surface area contributed by atoms with Crippen molar-refractivity contribution in [1.29, 1.82) is 0 Å². The summed E-state index contributed by atoms with van der Waals surface area (Å²) in [4.78, 5) is 10.8. The highest BCUT2D eigenvalue weighted by atomic mass is 32.2. The molecule has 1 unspecified atom stereocenters. The maximum atomic E-state index is 10.8. The molecule has 0 saturated carbocycles. The second-order valence-corrected chi connectivity index (χ2v) is 6.02. The summed E-state index contributed by atoms with van der Waals surface area (Å²) in [6, 6.07) is 8.87. The maximum absolute atomic E-state index is 10.8. The van der Waals surface area contributed by atoms with E-state index in [-0.39, 0.29) is 11.8 Å². The number of hydrogen-bond donors (Lipinski definition) is 1. The molecule has 2 aromatic rings. The van der Waals surface area contributed by atoms with Crippen molar-refractivity contribution in [1.82, 2.24) is 5.16 Å². The first-order chi connectivity index (χ1) is 10.2. The van der Waals surface area contributed by atoms with E-state index < -0.39 is 5.97 Å². The van der Waals surface area contributed by atoms with Crippen molar-refractivity contribution in [3.05, 3.63) is 36.0 Å². The largest absolute Gasteiger partial charge is 0.490 e. The molecule has 110 valence electrons. The quantitative estimate of drug-likeness (QED) is 0.934. The third-order valence-corrected chi connectivity index (χ3v) is 4.45. The first kappa shape index (κ1) is 14.0. The van der Waals surface area contributed by atoms with E-state index >= 15 is 0 Å². The van der Waals surface area contributed by atoms with Gasteiger partial charge in [0.1, 0.15) is 11.9 Å². The standard InChI is InChI=1S/C15H15NO4S/c17-15(18)13-8-14(20-16-13)10-3-1-4-11(7-10)19-12-5-2-6-21-9-12/h1,3-4,7-8,12H,2,5-6,9H2,(H,17,18). The Labute approximate surface area is 126 Å². The second-order valence-electron chi connectivity index (χ2n) is 4.87. The number of ether oxygens (including phenoxy) is 1. The van der Waals surface area contributed by atoms with Gasteiger partial charge in [0.15, 0.2) is 11.5 Å². The van der Waals surface area contributed by atoms with Crippen LogP contribution in [0.25, 0.3) is 11.3 Å². The Morgan fingerprint density at radius 1 is 1.43 bits per heavy atom. The van der Waals surface area contributed by atoms with Gasteiger partial charge >= 0.3 is 5.97 Å². The van der Waals surface area contributed by atoms with Crippen LogP contribution in [0.5, 0.6) is 5.75 Å². The van der Waals surface area contributed by atoms with Crippen LogP contribution in [0.4, 0.5) is 0 Å². The van der Waals surface area contributed by atoms with Gasteiger partial charge in [0.25, 0.3) is 0 Å². The van der Waals surface area contributed by atoms with E-state index in [1.165, 1.54) is 18.2 Å². The van der Waals surface area contributed by atoms with Crippen LogP contribution in [0.1, 0.15) is 23.3 Å². The summed E-state index contributed by atoms with van der Waals surface area (Å²) in [7, 11) is 0. The maximum Gasteiger partial charge on any atom is 0.358 e. The molecular formula is C15H15NO4S. The van der Waals surface area contributed by atoms with Gasteiger partial charge in [-0.3, -0.25) is 0 Å². The van der Waals surface area contributed by atoms with Gasteiger partial charge < -0.3 is 14.4 Å². The summed E-state index contributed by atoms with van der Waals surface area (Å²) >= 11 is 1.91. The molecule has 1 atom stereocenters. The third kappa shape index (κ3) is 3.39. The Morgan fingerprint density at radius 3 is 3.05 bits per heavy atom. The van der Waals surface area contributed by atoms with Crippen LogP contribution in [-0.4, -0.2) is 33.8 Å². The summed E-state index contributed by atoms with van der Waals surface area (Å²) < 4.78 is 11.0. The van der Waals surface area contributed by atoms with Crippen LogP contribution in [0, 0.1) is 0 Å². The fourth-order valence-electron chi connectivity index (χ4n) is 2.23. The van der Waals surface area contributed by atoms with Crippen molar-refractivity contribution in [3.63, 3.8) is 0 Å². The van der Waals surface area contributed by atoms with Gasteiger partial charge in [-0.05, 0) is 30.7 Å². The van der Waals surface area contributed by atoms with Crippen LogP contribution >= 0.6 is 11.8 Å². The van der Waals surface area contributed by atoms with E-state index in [1.807, 2.05) is 36.0 Å². The number of carboxylic acid groups (broad SMARTS) is 1. The zero-order valence-electron chi connectivity index (χ0n) is 11.3. The van der Waals surface area contributed by atoms with Gasteiger partial charge in [-0.15, -0.1) is 0 Å². The molecule has 1 N–H and O–H groups in total. The number of carboxylic acids is 1. The van der Waals surface area contributed by atoms with E-state index in [0.29, 0.717) is 5.76 Å². The van der Waals surface area contributed by atoms with Crippen LogP contribution < -0.4 is 4.74 Å². The number of aromatic nitrogens is 1. The highest BCUT2D eigenvalue weighted by Crippen LogP contribution is 2.27. The van der Waals surface area contributed by atoms with Crippen molar-refractivity contribution < 1.29 is 19.2 Å². The fraction of sp³-hybridized carbons (Fsp3) is 0.333. The lowest BCUT2D eigenvalue weighted by molar-refractivity contribution is 0.0686. The molecule has 5 nitrogen and oxygen atoms in total. The minimum absolute atomic E-state index is 0.0972. The molecule has 0 aliphatic carbocycles. The van der Waals surface area contributed by atoms with Gasteiger partial charge in [-0.1, -0.05) is 17.3 Å². The number of nitrogens with zero attached hydrogens (tertiary/aromatic N) is 1. The third-order valence-electron chi connectivity index (χ3n) is 3.27. The number of hydrogen-bond acceptors (Lipinski definition) is 5. The first-order valence-corrected chi connectivity index (χ1v) is 7.93. The van der Waals surface area contributed by atoms with E-state index in [9.17, 15) is 4.79 Å². The molecule has 0 radical (unpaired) electrons. The number of aromatic carboxylic acids is 1. The van der Waals surface area contributed by atoms with Crippen molar-refractivity contribution in [2.75, 3.05) is 11.5 Å². The summed E-state index contributed by atoms with van der Waals surface area (Å²) in [5, 5.41) is 12.4. The summed E-state index contributed by atoms with van der Waals surface area (Å²) in [5.41, 5.74) is 0.663. The Hall–Kier alpha value is -1.95. The van der Waals surface area contributed by atoms with Gasteiger partial charge in [0.05, 0.1) is 0 Å². The highest BCUT2D eigenvalue weighted by Gasteiger charge is 2.16. The average Bonchev–Trinajstić information content (AvgIpc) is 2.99. The molecular weight excluding hydrogens is 290 g/mol. The lowest BCUT2D eigenvalue weighted by atomic mass is 10.1. The molecule has 0 bridgehead atoms. The lowest BCUT2D eigenvalue weighted by Gasteiger charge is -2.22. The molecule has 2 heterocycles. The topological polar surface area (TPSA) is 72.6 Å². The van der Waals surface area contributed by atoms with E-state index in [4.69, 9.17) is 14.4 Å². The number of thioether (sulfide) groups is 1. The van der Waals surface area contributed by atoms with E-state index in [1.54, 1.807) is 0 Å². The van der Waals surface area contributed by atoms with Gasteiger partial charge in [-0.25, -0.2) is 4.79 Å². The minimum atomic E-state index is -1.10. The fourth-order valence-corrected chi connectivity index (χ4v) is 3.27. The van der Waals surface area contributed by atoms with Crippen molar-refractivity contribution in [3.8, 4) is 17.1 Å². The highest BCUT2D eigenvalue weighted by molar-refractivity contribution is 7.99. The lowest BCUT2D eigenvalue weighted by Crippen LogP contribution is -2.23. The number of rotatable bonds is 4. The normalized spacial score (nSPS) is 18.4. The van der Waals surface area contributed by atoms with Crippen molar-refractivity contribution in [2.24, 2.45) is 0 Å². The van der Waals surface area contributed by atoms with Crippen molar-refractivity contribution >= 4 is 17.7 Å². The first-order valence-electron chi connectivity index (χ1n) is 6.77. The molecule has 1 fully saturated rings. The number of carbonyl (C=O) groups is 1. The predicted molar refractivity (Wildman–Crippen MR) is 79.9 cm³/mol. The molecule has 1 aliphatic heterocycles. The molecule has 3 rings (SSSR count). The molecule has 1 aliphatic rings. The Morgan fingerprint density at radius 2 is 2.33 bits per heavy atom. The number of benzene rings is 1. The van der Waals surface area contributed by atoms with Crippen LogP contribution in [0.3, 0.4) is 0 Å². The summed E-state index contributed by atoms with van der Waals surface area (Å²) in [6.07, 6.45) is 2.49. The Kier molecular flexibility index (Phi) is 4.15. The molecule has 0 spiro atoms. The summed E-state index contributed by atoms with van der Waals surface area (Å²) in [6.45, 7) is 0. The van der Waals surface area contributed by atoms with Gasteiger partial charge in [-0.2, -0.15) is 11.8 Å². The van der Waals surface area contributed by atoms with Crippen LogP contribution in [0.2, 0.25) is 0 Å². The van der Waals surface area contributed by atoms with Gasteiger partial charge in [0.2, 0.25) is 0 Å². The molecule has 21 heavy (non-hydrogen) atoms. The smallest absolute Gasteiger partial charge is 0.358 e. The Balaban J connectivity index is 1.76. The minimum Gasteiger partial charge on any atom is -0.490 e. The molecule has 0 amide bonds. The monoisotopic (exact) mass is 305 g/mol. The Bertz CT molecular complexity index is 634. The van der Waals surface area contributed by atoms with E-state index in [2.05, 4.69) is 5.16 Å². The van der Waals surface area contributed by atoms with Crippen LogP contribution in [-0.2, 0) is 0 Å². The van der Waals surface area contributed by atoms with Crippen LogP contribution in [0.15, 0.2) is 34.9 Å². The molecule has 6 heteroatoms. The zero-order chi connectivity index (χ0) is 14.7. The van der Waals surface area contributed by atoms with Crippen molar-refractivity contribution in [2.45, 2.75) is 18.9 Å². The SMILES string of the molecule is O=C(O)c1cc(-c2cccc(OC3CCCSC3)c2)on1. The van der Waals surface area contributed by atoms with Gasteiger partial charge in [0, 0.05) is 17.4 Å². The zero-order valence-corrected chi connectivity index (χ0v) is 12.1. The van der Waals surface area contributed by atoms with E-state index in [0.717, 1.165) is 23.5 Å². The molecule has 1 saturated heterocycles. The average molecular weight is 305 g/mol. The molecule has 1 aromatic heterocycles. The predicted octanol–water partition coefficient (Wildman–Crippen LogP) is 3.31.